The van der Waals surface area contributed by atoms with Crippen molar-refractivity contribution in [2.24, 2.45) is 5.41 Å². The Kier molecular flexibility index (Phi) is 14.9. The van der Waals surface area contributed by atoms with Gasteiger partial charge in [-0.3, -0.25) is 23.6 Å². The minimum absolute atomic E-state index is 0.0107. The molecule has 3 amide bonds. The maximum absolute atomic E-state index is 14.9. The van der Waals surface area contributed by atoms with Gasteiger partial charge < -0.3 is 44.3 Å². The number of aliphatic hydroxyl groups excluding tert-OH is 1. The summed E-state index contributed by atoms with van der Waals surface area (Å²) in [5, 5.41) is 17.3. The number of nitrogens with one attached hydrogen (secondary N) is 2. The molecule has 5 atom stereocenters. The quantitative estimate of drug-likeness (QED) is 0.0793. The Morgan fingerprint density at radius 2 is 1.76 bits per heavy atom. The smallest absolute Gasteiger partial charge is 0.283 e. The molecule has 0 spiro atoms. The molecule has 16 nitrogen and oxygen atoms in total. The fraction of sp³-hybridized carbons (Fsp3) is 0.544. The van der Waals surface area contributed by atoms with Crippen molar-refractivity contribution in [1.82, 2.24) is 39.4 Å². The van der Waals surface area contributed by atoms with Gasteiger partial charge in [-0.15, -0.1) is 11.3 Å². The highest BCUT2D eigenvalue weighted by Gasteiger charge is 2.53. The SMILES string of the molecule is Cc1ncsc1-c1ccc([C@H](COCCN2CCC(c3cc4c(cc3OC3CCOC3)n3c5cccc(Br)c5c(=O)nc3n4C3CCCC3)CC2)NC(=O)[C@@H]2C[C@@H](O)CN2C(=O)[C@@H](NC(=O)C2(F)CC2)C(C)(C)C)cc1. The molecular weight excluding hydrogens is 1060 g/mol. The van der Waals surface area contributed by atoms with E-state index in [1.807, 2.05) is 54.9 Å². The average molecular weight is 1120 g/mol. The van der Waals surface area contributed by atoms with Gasteiger partial charge in [0, 0.05) is 42.5 Å². The third-order valence-corrected chi connectivity index (χ3v) is 18.0. The van der Waals surface area contributed by atoms with Crippen molar-refractivity contribution in [2.45, 2.75) is 140 Å². The number of ether oxygens (including phenoxy) is 3. The number of aliphatic hydroxyl groups is 1. The van der Waals surface area contributed by atoms with E-state index in [1.54, 1.807) is 32.1 Å². The Morgan fingerprint density at radius 3 is 2.45 bits per heavy atom. The number of aromatic nitrogens is 4. The van der Waals surface area contributed by atoms with Gasteiger partial charge in [-0.1, -0.05) is 63.9 Å². The van der Waals surface area contributed by atoms with Gasteiger partial charge in [-0.05, 0) is 121 Å². The van der Waals surface area contributed by atoms with E-state index in [4.69, 9.17) is 19.2 Å². The zero-order valence-electron chi connectivity index (χ0n) is 43.7. The largest absolute Gasteiger partial charge is 0.488 e. The van der Waals surface area contributed by atoms with E-state index in [1.165, 1.54) is 10.5 Å². The molecule has 76 heavy (non-hydrogen) atoms. The fourth-order valence-electron chi connectivity index (χ4n) is 11.9. The minimum Gasteiger partial charge on any atom is -0.488 e. The first-order chi connectivity index (χ1) is 36.5. The van der Waals surface area contributed by atoms with Crippen molar-refractivity contribution in [3.8, 4) is 16.2 Å². The number of β-amino-alcohol motifs (C(OH)–C–C–N with tert-alkyl or cyclic N) is 1. The molecule has 404 valence electrons. The zero-order valence-corrected chi connectivity index (χ0v) is 46.1. The van der Waals surface area contributed by atoms with E-state index < -0.39 is 53.0 Å². The molecule has 0 radical (unpaired) electrons. The van der Waals surface area contributed by atoms with Crippen LogP contribution in [0.4, 0.5) is 4.39 Å². The number of fused-ring (bicyclic) bond motifs is 5. The predicted molar refractivity (Wildman–Crippen MR) is 293 cm³/mol. The highest BCUT2D eigenvalue weighted by molar-refractivity contribution is 9.10. The van der Waals surface area contributed by atoms with Crippen molar-refractivity contribution < 1.29 is 38.1 Å². The molecule has 1 unspecified atom stereocenters. The van der Waals surface area contributed by atoms with Crippen LogP contribution in [0.1, 0.15) is 120 Å². The van der Waals surface area contributed by atoms with Gasteiger partial charge in [-0.2, -0.15) is 4.98 Å². The zero-order chi connectivity index (χ0) is 53.0. The lowest BCUT2D eigenvalue weighted by atomic mass is 9.85. The van der Waals surface area contributed by atoms with Crippen LogP contribution in [0.3, 0.4) is 0 Å². The first kappa shape index (κ1) is 52.7. The number of thiazole rings is 1. The van der Waals surface area contributed by atoms with Gasteiger partial charge in [0.05, 0.1) is 76.6 Å². The van der Waals surface area contributed by atoms with Gasteiger partial charge >= 0.3 is 0 Å². The third kappa shape index (κ3) is 10.6. The van der Waals surface area contributed by atoms with Crippen LogP contribution in [0.25, 0.3) is 38.2 Å². The Hall–Kier alpha value is -5.31. The molecule has 6 aromatic rings. The van der Waals surface area contributed by atoms with Gasteiger partial charge in [-0.25, -0.2) is 9.37 Å². The topological polar surface area (TPSA) is 182 Å². The number of likely N-dealkylation sites (tertiary alicyclic amines) is 2. The molecule has 6 heterocycles. The number of carbonyl (C=O) groups excluding carboxylic acids is 3. The second kappa shape index (κ2) is 21.5. The van der Waals surface area contributed by atoms with E-state index >= 15 is 0 Å². The summed E-state index contributed by atoms with van der Waals surface area (Å²) in [6.07, 6.45) is 6.13. The Bertz CT molecular complexity index is 3210. The van der Waals surface area contributed by atoms with E-state index in [9.17, 15) is 28.7 Å². The number of carbonyl (C=O) groups is 3. The normalized spacial score (nSPS) is 22.2. The molecule has 5 aliphatic rings. The number of benzene rings is 3. The molecule has 11 rings (SSSR count). The molecule has 3 saturated heterocycles. The summed E-state index contributed by atoms with van der Waals surface area (Å²) in [6, 6.07) is 15.8. The van der Waals surface area contributed by atoms with Crippen LogP contribution in [0.2, 0.25) is 0 Å². The lowest BCUT2D eigenvalue weighted by Crippen LogP contribution is -2.59. The van der Waals surface area contributed by atoms with Crippen LogP contribution < -0.4 is 20.9 Å². The first-order valence-corrected chi connectivity index (χ1v) is 28.7. The van der Waals surface area contributed by atoms with Gasteiger partial charge in [0.25, 0.3) is 11.5 Å². The van der Waals surface area contributed by atoms with E-state index in [-0.39, 0.29) is 56.0 Å². The maximum Gasteiger partial charge on any atom is 0.283 e. The van der Waals surface area contributed by atoms with Gasteiger partial charge in [0.1, 0.15) is 23.9 Å². The monoisotopic (exact) mass is 1120 g/mol. The second-order valence-corrected chi connectivity index (χ2v) is 24.5. The lowest BCUT2D eigenvalue weighted by molar-refractivity contribution is -0.145. The number of imidazole rings is 1. The summed E-state index contributed by atoms with van der Waals surface area (Å²) in [4.78, 5) is 69.3. The maximum atomic E-state index is 14.9. The average Bonchev–Trinajstić information content (AvgIpc) is 4.18. The van der Waals surface area contributed by atoms with Crippen LogP contribution in [-0.2, 0) is 23.9 Å². The highest BCUT2D eigenvalue weighted by atomic mass is 79.9. The van der Waals surface area contributed by atoms with Crippen LogP contribution in [0.5, 0.6) is 5.75 Å². The standard InChI is InChI=1S/C57H68BrFN8O8S/c1-33-49(76-32-60-33)36-14-12-35(13-15-36)42(61-51(69)46-26-38(68)29-65(46)53(71)50(56(2,3)4)62-54(72)57(59)19-20-57)31-74-25-23-64-21-16-34(17-22-64)40-27-44-45(28-47(40)75-39-18-24-73-30-39)67-43-11-7-10-41(58)48(43)52(70)63-55(67)66(44)37-8-5-6-9-37/h7,10-15,27-28,32,34,37-39,42,46,50,68H,5-6,8-9,16-26,29-31H2,1-4H3,(H,61,69)(H,62,72)/t38-,39?,42+,46+,50-/m1/s1. The summed E-state index contributed by atoms with van der Waals surface area (Å²) in [7, 11) is 0. The Morgan fingerprint density at radius 1 is 1.00 bits per heavy atom. The minimum atomic E-state index is -1.99. The third-order valence-electron chi connectivity index (χ3n) is 16.4. The van der Waals surface area contributed by atoms with Gasteiger partial charge in [0.15, 0.2) is 5.67 Å². The summed E-state index contributed by atoms with van der Waals surface area (Å²) in [6.45, 7) is 11.3. The number of piperidine rings is 1. The van der Waals surface area contributed by atoms with E-state index in [2.05, 4.69) is 57.5 Å². The predicted octanol–water partition coefficient (Wildman–Crippen LogP) is 8.33. The summed E-state index contributed by atoms with van der Waals surface area (Å²) in [5.74, 6) is -0.0881. The van der Waals surface area contributed by atoms with Crippen molar-refractivity contribution in [2.75, 3.05) is 52.6 Å². The molecule has 0 bridgehead atoms. The number of amides is 3. The molecular formula is C57H68BrFN8O8S. The first-order valence-electron chi connectivity index (χ1n) is 27.1. The summed E-state index contributed by atoms with van der Waals surface area (Å²) in [5.41, 5.74) is 5.53. The number of rotatable bonds is 16. The van der Waals surface area contributed by atoms with Crippen molar-refractivity contribution in [3.63, 3.8) is 0 Å². The van der Waals surface area contributed by atoms with Crippen LogP contribution >= 0.6 is 27.3 Å². The molecule has 2 saturated carbocycles. The molecule has 5 fully saturated rings. The highest BCUT2D eigenvalue weighted by Crippen LogP contribution is 2.43. The number of halogens is 2. The number of nitrogens with zero attached hydrogens (tertiary/aromatic N) is 6. The molecule has 2 aliphatic carbocycles. The van der Waals surface area contributed by atoms with Gasteiger partial charge in [0.2, 0.25) is 17.6 Å². The summed E-state index contributed by atoms with van der Waals surface area (Å²) >= 11 is 5.20. The van der Waals surface area contributed by atoms with E-state index in [0.29, 0.717) is 37.5 Å². The Balaban J connectivity index is 0.799. The summed E-state index contributed by atoms with van der Waals surface area (Å²) < 4.78 is 39.1. The van der Waals surface area contributed by atoms with Crippen molar-refractivity contribution in [3.05, 3.63) is 91.8 Å². The number of hydrogen-bond acceptors (Lipinski definition) is 12. The molecule has 3 N–H and O–H groups in total. The van der Waals surface area contributed by atoms with Crippen molar-refractivity contribution >= 4 is 72.7 Å². The molecule has 19 heteroatoms. The number of alkyl halides is 1. The van der Waals surface area contributed by atoms with Crippen LogP contribution in [-0.4, -0.2) is 134 Å². The number of aryl methyl sites for hydroxylation is 1. The Labute approximate surface area is 453 Å². The molecule has 3 aromatic carbocycles. The van der Waals surface area contributed by atoms with Crippen molar-refractivity contribution in [1.29, 1.82) is 0 Å². The van der Waals surface area contributed by atoms with Crippen LogP contribution in [0.15, 0.2) is 69.4 Å². The second-order valence-electron chi connectivity index (χ2n) is 22.8. The lowest BCUT2D eigenvalue weighted by Gasteiger charge is -2.36. The van der Waals surface area contributed by atoms with Crippen LogP contribution in [0, 0.1) is 12.3 Å². The van der Waals surface area contributed by atoms with E-state index in [0.717, 1.165) is 107 Å². The molecule has 3 aliphatic heterocycles. The number of hydrogen-bond donors (Lipinski definition) is 3. The molecule has 3 aromatic heterocycles. The fourth-order valence-corrected chi connectivity index (χ4v) is 13.2.